The molecule has 2 N–H and O–H groups in total. The van der Waals surface area contributed by atoms with Crippen LogP contribution in [0.2, 0.25) is 5.02 Å². The van der Waals surface area contributed by atoms with Crippen molar-refractivity contribution in [3.8, 4) is 0 Å². The Morgan fingerprint density at radius 2 is 1.86 bits per heavy atom. The number of aliphatic hydroxyl groups is 1. The second-order valence-electron chi connectivity index (χ2n) is 14.0. The number of carbonyl (C=O) groups is 4. The van der Waals surface area contributed by atoms with Crippen LogP contribution in [0.3, 0.4) is 0 Å². The Balaban J connectivity index is 1.57. The van der Waals surface area contributed by atoms with Gasteiger partial charge in [0.25, 0.3) is 5.91 Å². The van der Waals surface area contributed by atoms with E-state index in [1.807, 2.05) is 57.2 Å². The highest BCUT2D eigenvalue weighted by molar-refractivity contribution is 9.09. The van der Waals surface area contributed by atoms with Crippen molar-refractivity contribution in [1.82, 2.24) is 10.2 Å². The number of para-hydroxylation sites is 1. The monoisotopic (exact) mass is 783 g/mol. The molecule has 3 fully saturated rings. The van der Waals surface area contributed by atoms with E-state index in [-0.39, 0.29) is 36.0 Å². The maximum atomic E-state index is 15.1. The second kappa shape index (κ2) is 16.0. The van der Waals surface area contributed by atoms with Gasteiger partial charge in [0.05, 0.1) is 47.3 Å². The maximum absolute atomic E-state index is 15.1. The molecule has 51 heavy (non-hydrogen) atoms. The van der Waals surface area contributed by atoms with Crippen LogP contribution in [-0.2, 0) is 28.7 Å². The van der Waals surface area contributed by atoms with E-state index in [0.717, 1.165) is 5.56 Å². The summed E-state index contributed by atoms with van der Waals surface area (Å²) < 4.78 is 13.0. The van der Waals surface area contributed by atoms with Gasteiger partial charge in [0.2, 0.25) is 11.8 Å². The van der Waals surface area contributed by atoms with Gasteiger partial charge in [-0.25, -0.2) is 0 Å². The second-order valence-corrected chi connectivity index (χ2v) is 15.6. The first kappa shape index (κ1) is 38.7. The summed E-state index contributed by atoms with van der Waals surface area (Å²) in [6.07, 6.45) is 2.58. The summed E-state index contributed by atoms with van der Waals surface area (Å²) in [6.45, 7) is 14.6. The molecule has 2 aromatic carbocycles. The number of amides is 3. The van der Waals surface area contributed by atoms with Crippen molar-refractivity contribution < 1.29 is 33.8 Å². The van der Waals surface area contributed by atoms with Crippen molar-refractivity contribution in [2.75, 3.05) is 18.1 Å². The number of alkyl halides is 1. The predicted octanol–water partition coefficient (Wildman–Crippen LogP) is 5.69. The molecule has 10 nitrogen and oxygen atoms in total. The van der Waals surface area contributed by atoms with E-state index in [0.29, 0.717) is 22.7 Å². The van der Waals surface area contributed by atoms with Crippen LogP contribution in [0.5, 0.6) is 0 Å². The Bertz CT molecular complexity index is 1640. The van der Waals surface area contributed by atoms with Gasteiger partial charge in [0.1, 0.15) is 17.7 Å². The number of anilines is 1. The number of halogens is 2. The summed E-state index contributed by atoms with van der Waals surface area (Å²) in [6, 6.07) is 11.9. The van der Waals surface area contributed by atoms with E-state index < -0.39 is 72.2 Å². The normalized spacial score (nSPS) is 26.7. The molecule has 3 heterocycles. The fourth-order valence-corrected chi connectivity index (χ4v) is 9.33. The Morgan fingerprint density at radius 3 is 2.47 bits per heavy atom. The van der Waals surface area contributed by atoms with Crippen molar-refractivity contribution in [3.05, 3.63) is 90.0 Å². The first-order chi connectivity index (χ1) is 24.3. The van der Waals surface area contributed by atoms with E-state index in [1.165, 1.54) is 9.80 Å². The number of nitrogens with zero attached hydrogens (tertiary/aromatic N) is 2. The summed E-state index contributed by atoms with van der Waals surface area (Å²) in [7, 11) is 0. The smallest absolute Gasteiger partial charge is 0.313 e. The topological polar surface area (TPSA) is 125 Å². The molecule has 274 valence electrons. The van der Waals surface area contributed by atoms with E-state index in [1.54, 1.807) is 31.2 Å². The summed E-state index contributed by atoms with van der Waals surface area (Å²) in [4.78, 5) is 59.7. The predicted molar refractivity (Wildman–Crippen MR) is 199 cm³/mol. The summed E-state index contributed by atoms with van der Waals surface area (Å²) in [5.74, 6) is -4.19. The molecular formula is C39H47BrClN3O7. The van der Waals surface area contributed by atoms with Crippen LogP contribution in [-0.4, -0.2) is 81.5 Å². The molecular weight excluding hydrogens is 738 g/mol. The minimum Gasteiger partial charge on any atom is -0.455 e. The molecule has 0 aromatic heterocycles. The minimum atomic E-state index is -1.42. The number of carbonyl (C=O) groups excluding carboxylic acids is 4. The van der Waals surface area contributed by atoms with Gasteiger partial charge in [-0.3, -0.25) is 19.2 Å². The van der Waals surface area contributed by atoms with Gasteiger partial charge in [-0.2, -0.15) is 0 Å². The van der Waals surface area contributed by atoms with Crippen LogP contribution in [0.15, 0.2) is 73.8 Å². The third kappa shape index (κ3) is 7.14. The van der Waals surface area contributed by atoms with Gasteiger partial charge < -0.3 is 29.7 Å². The van der Waals surface area contributed by atoms with Crippen LogP contribution in [0, 0.1) is 24.7 Å². The first-order valence-electron chi connectivity index (χ1n) is 17.4. The number of rotatable bonds is 15. The van der Waals surface area contributed by atoms with Crippen molar-refractivity contribution in [3.63, 3.8) is 0 Å². The summed E-state index contributed by atoms with van der Waals surface area (Å²) in [5.41, 5.74) is 0.481. The molecule has 0 radical (unpaired) electrons. The minimum absolute atomic E-state index is 0.0932. The van der Waals surface area contributed by atoms with Crippen molar-refractivity contribution >= 4 is 56.9 Å². The lowest BCUT2D eigenvalue weighted by atomic mass is 9.70. The highest BCUT2D eigenvalue weighted by Crippen LogP contribution is 2.61. The molecule has 3 saturated heterocycles. The quantitative estimate of drug-likeness (QED) is 0.135. The third-order valence-electron chi connectivity index (χ3n) is 10.4. The molecule has 9 atom stereocenters. The van der Waals surface area contributed by atoms with E-state index in [4.69, 9.17) is 21.1 Å². The number of ether oxygens (including phenoxy) is 2. The van der Waals surface area contributed by atoms with Crippen LogP contribution in [0.1, 0.15) is 57.3 Å². The van der Waals surface area contributed by atoms with Gasteiger partial charge >= 0.3 is 5.97 Å². The number of nitrogens with one attached hydrogen (secondary N) is 1. The van der Waals surface area contributed by atoms with E-state index in [2.05, 4.69) is 34.4 Å². The van der Waals surface area contributed by atoms with Gasteiger partial charge in [-0.05, 0) is 49.8 Å². The number of benzene rings is 2. The summed E-state index contributed by atoms with van der Waals surface area (Å²) >= 11 is 10.4. The van der Waals surface area contributed by atoms with Gasteiger partial charge in [0, 0.05) is 17.8 Å². The SMILES string of the molecule is C=CCCC(=O)N[C@H](C)[C@@H](OC(=O)[C@H]1[C@@H]2O[C@@]3(CC2Br)[C@@H]1C(=O)N([C@@H](CO)C(C)C)[C@@H]3C(=O)N(CC=C)c1c(C)cccc1Cl)c1ccccc1. The zero-order valence-corrected chi connectivity index (χ0v) is 31.8. The molecule has 0 saturated carbocycles. The standard InChI is InChI=1S/C39H47BrClN3O7/c1-7-9-18-29(46)42-24(6)33(25-15-11-10-12-16-25)50-38(49)30-31-36(47)44(28(21-45)22(3)4)35(39(31)20-26(40)34(30)51-39)37(48)43(19-8-2)32-23(5)14-13-17-27(32)41/h7-8,10-17,22,24,26,28,30-31,33-35,45H,1-2,9,18-21H2,3-6H3,(H,42,46)/t24-,26?,28+,30-,31+,33-,34-,35-,39+/m1/s1. The van der Waals surface area contributed by atoms with Crippen LogP contribution >= 0.6 is 27.5 Å². The molecule has 3 aliphatic rings. The van der Waals surface area contributed by atoms with E-state index in [9.17, 15) is 19.5 Å². The summed E-state index contributed by atoms with van der Waals surface area (Å²) in [5, 5.41) is 14.0. The molecule has 5 rings (SSSR count). The zero-order valence-electron chi connectivity index (χ0n) is 29.5. The Hall–Kier alpha value is -3.51. The molecule has 2 aromatic rings. The lowest BCUT2D eigenvalue weighted by Crippen LogP contribution is -2.60. The zero-order chi connectivity index (χ0) is 37.2. The molecule has 1 unspecified atom stereocenters. The average molecular weight is 785 g/mol. The Morgan fingerprint density at radius 1 is 1.16 bits per heavy atom. The number of likely N-dealkylation sites (tertiary alicyclic amines) is 1. The number of hydrogen-bond donors (Lipinski definition) is 2. The number of aliphatic hydroxyl groups excluding tert-OH is 1. The molecule has 3 amide bonds. The lowest BCUT2D eigenvalue weighted by molar-refractivity contribution is -0.162. The van der Waals surface area contributed by atoms with E-state index >= 15 is 4.79 Å². The van der Waals surface area contributed by atoms with Crippen LogP contribution in [0.25, 0.3) is 0 Å². The van der Waals surface area contributed by atoms with Crippen LogP contribution < -0.4 is 10.2 Å². The molecule has 3 aliphatic heterocycles. The number of aryl methyl sites for hydroxylation is 1. The molecule has 1 spiro atoms. The van der Waals surface area contributed by atoms with Crippen molar-refractivity contribution in [1.29, 1.82) is 0 Å². The van der Waals surface area contributed by atoms with Gasteiger partial charge in [-0.15, -0.1) is 13.2 Å². The van der Waals surface area contributed by atoms with Crippen LogP contribution in [0.4, 0.5) is 5.69 Å². The third-order valence-corrected chi connectivity index (χ3v) is 11.5. The fourth-order valence-electron chi connectivity index (χ4n) is 8.07. The highest BCUT2D eigenvalue weighted by atomic mass is 79.9. The number of allylic oxidation sites excluding steroid dienone is 1. The Kier molecular flexibility index (Phi) is 12.2. The Labute approximate surface area is 313 Å². The molecule has 2 bridgehead atoms. The fraction of sp³-hybridized carbons (Fsp3) is 0.487. The van der Waals surface area contributed by atoms with Crippen molar-refractivity contribution in [2.24, 2.45) is 17.8 Å². The average Bonchev–Trinajstić information content (AvgIpc) is 3.69. The largest absolute Gasteiger partial charge is 0.455 e. The number of fused-ring (bicyclic) bond motifs is 1. The van der Waals surface area contributed by atoms with Crippen molar-refractivity contribution in [2.45, 2.75) is 87.7 Å². The van der Waals surface area contributed by atoms with Gasteiger partial charge in [0.15, 0.2) is 0 Å². The lowest BCUT2D eigenvalue weighted by Gasteiger charge is -2.40. The maximum Gasteiger partial charge on any atom is 0.313 e. The highest BCUT2D eigenvalue weighted by Gasteiger charge is 2.78. The first-order valence-corrected chi connectivity index (χ1v) is 18.7. The van der Waals surface area contributed by atoms with Gasteiger partial charge in [-0.1, -0.05) is 96.0 Å². The number of hydrogen-bond acceptors (Lipinski definition) is 7. The molecule has 0 aliphatic carbocycles. The number of esters is 1. The molecule has 12 heteroatoms.